The Kier molecular flexibility index (Phi) is 3.04. The van der Waals surface area contributed by atoms with Crippen molar-refractivity contribution in [2.24, 2.45) is 16.7 Å². The number of carbonyl (C=O) groups excluding carboxylic acids is 2. The van der Waals surface area contributed by atoms with E-state index in [0.717, 1.165) is 19.3 Å². The van der Waals surface area contributed by atoms with Gasteiger partial charge in [-0.3, -0.25) is 9.59 Å². The first-order valence-electron chi connectivity index (χ1n) is 6.45. The zero-order chi connectivity index (χ0) is 12.7. The number of hydrogen-bond acceptors (Lipinski definition) is 3. The van der Waals surface area contributed by atoms with E-state index in [1.165, 1.54) is 6.92 Å². The first-order chi connectivity index (χ1) is 7.80. The van der Waals surface area contributed by atoms with E-state index in [-0.39, 0.29) is 16.8 Å². The van der Waals surface area contributed by atoms with Gasteiger partial charge in [0.05, 0.1) is 6.61 Å². The van der Waals surface area contributed by atoms with Gasteiger partial charge in [-0.2, -0.15) is 0 Å². The fourth-order valence-corrected chi connectivity index (χ4v) is 4.28. The molecule has 0 spiro atoms. The molecule has 0 aromatic heterocycles. The Balaban J connectivity index is 2.06. The standard InChI is InChI=1S/C14H22O3/c1-10(15)17-8-11-4-13(2)6-12(16)7-14(3,5-11)9-13/h11H,4-9H2,1-3H3. The van der Waals surface area contributed by atoms with Gasteiger partial charge in [-0.1, -0.05) is 13.8 Å². The number of hydrogen-bond donors (Lipinski definition) is 0. The molecule has 2 aliphatic carbocycles. The van der Waals surface area contributed by atoms with Crippen LogP contribution in [0, 0.1) is 16.7 Å². The van der Waals surface area contributed by atoms with Gasteiger partial charge in [-0.05, 0) is 36.0 Å². The van der Waals surface area contributed by atoms with E-state index in [9.17, 15) is 9.59 Å². The summed E-state index contributed by atoms with van der Waals surface area (Å²) in [7, 11) is 0. The molecule has 0 N–H and O–H groups in total. The predicted octanol–water partition coefficient (Wildman–Crippen LogP) is 2.73. The molecule has 2 bridgehead atoms. The maximum atomic E-state index is 11.8. The second kappa shape index (κ2) is 4.11. The van der Waals surface area contributed by atoms with Crippen molar-refractivity contribution in [1.29, 1.82) is 0 Å². The minimum absolute atomic E-state index is 0.132. The summed E-state index contributed by atoms with van der Waals surface area (Å²) in [5, 5.41) is 0. The molecular weight excluding hydrogens is 216 g/mol. The summed E-state index contributed by atoms with van der Waals surface area (Å²) >= 11 is 0. The summed E-state index contributed by atoms with van der Waals surface area (Å²) < 4.78 is 5.14. The summed E-state index contributed by atoms with van der Waals surface area (Å²) in [6.45, 7) is 6.40. The monoisotopic (exact) mass is 238 g/mol. The number of ether oxygens (including phenoxy) is 1. The number of Topliss-reactive ketones (excluding diaryl/α,β-unsaturated/α-hetero) is 1. The molecule has 0 aromatic rings. The molecule has 17 heavy (non-hydrogen) atoms. The molecule has 96 valence electrons. The fourth-order valence-electron chi connectivity index (χ4n) is 4.28. The third-order valence-electron chi connectivity index (χ3n) is 4.19. The van der Waals surface area contributed by atoms with E-state index < -0.39 is 0 Å². The van der Waals surface area contributed by atoms with Crippen LogP contribution in [0.3, 0.4) is 0 Å². The zero-order valence-corrected chi connectivity index (χ0v) is 11.0. The van der Waals surface area contributed by atoms with Gasteiger partial charge in [0.25, 0.3) is 0 Å². The average molecular weight is 238 g/mol. The smallest absolute Gasteiger partial charge is 0.302 e. The number of rotatable bonds is 2. The molecule has 2 unspecified atom stereocenters. The highest BCUT2D eigenvalue weighted by atomic mass is 16.5. The van der Waals surface area contributed by atoms with Crippen molar-refractivity contribution in [2.45, 2.75) is 52.9 Å². The van der Waals surface area contributed by atoms with Gasteiger partial charge in [0.2, 0.25) is 0 Å². The molecule has 0 aromatic carbocycles. The lowest BCUT2D eigenvalue weighted by Gasteiger charge is -2.51. The van der Waals surface area contributed by atoms with E-state index in [1.807, 2.05) is 0 Å². The topological polar surface area (TPSA) is 43.4 Å². The maximum Gasteiger partial charge on any atom is 0.302 e. The number of ketones is 1. The van der Waals surface area contributed by atoms with E-state index in [4.69, 9.17) is 4.74 Å². The highest BCUT2D eigenvalue weighted by Gasteiger charge is 2.49. The maximum absolute atomic E-state index is 11.8. The van der Waals surface area contributed by atoms with Gasteiger partial charge in [-0.25, -0.2) is 0 Å². The number of fused-ring (bicyclic) bond motifs is 2. The summed E-state index contributed by atoms with van der Waals surface area (Å²) in [5.41, 5.74) is 0.264. The van der Waals surface area contributed by atoms with Crippen LogP contribution in [0.4, 0.5) is 0 Å². The minimum atomic E-state index is -0.202. The summed E-state index contributed by atoms with van der Waals surface area (Å²) in [5.74, 6) is 0.634. The first-order valence-corrected chi connectivity index (χ1v) is 6.45. The fraction of sp³-hybridized carbons (Fsp3) is 0.857. The zero-order valence-electron chi connectivity index (χ0n) is 11.0. The van der Waals surface area contributed by atoms with E-state index >= 15 is 0 Å². The highest BCUT2D eigenvalue weighted by molar-refractivity contribution is 5.81. The average Bonchev–Trinajstić information content (AvgIpc) is 2.09. The molecule has 2 saturated carbocycles. The van der Waals surface area contributed by atoms with Crippen LogP contribution in [0.1, 0.15) is 52.9 Å². The van der Waals surface area contributed by atoms with Crippen LogP contribution < -0.4 is 0 Å². The van der Waals surface area contributed by atoms with Crippen molar-refractivity contribution < 1.29 is 14.3 Å². The Hall–Kier alpha value is -0.860. The van der Waals surface area contributed by atoms with Gasteiger partial charge in [0.15, 0.2) is 0 Å². The van der Waals surface area contributed by atoms with Crippen molar-refractivity contribution in [3.8, 4) is 0 Å². The number of esters is 1. The van der Waals surface area contributed by atoms with Crippen molar-refractivity contribution >= 4 is 11.8 Å². The van der Waals surface area contributed by atoms with Crippen LogP contribution in [0.15, 0.2) is 0 Å². The Morgan fingerprint density at radius 1 is 1.29 bits per heavy atom. The summed E-state index contributed by atoms with van der Waals surface area (Å²) in [4.78, 5) is 22.6. The van der Waals surface area contributed by atoms with Crippen LogP contribution in [-0.4, -0.2) is 18.4 Å². The lowest BCUT2D eigenvalue weighted by molar-refractivity contribution is -0.147. The van der Waals surface area contributed by atoms with E-state index in [1.54, 1.807) is 0 Å². The second-order valence-corrected chi connectivity index (χ2v) is 6.77. The van der Waals surface area contributed by atoms with Gasteiger partial charge < -0.3 is 4.74 Å². The molecule has 2 rings (SSSR count). The third kappa shape index (κ3) is 2.88. The van der Waals surface area contributed by atoms with Gasteiger partial charge in [0.1, 0.15) is 5.78 Å². The molecule has 2 fully saturated rings. The van der Waals surface area contributed by atoms with Gasteiger partial charge in [0, 0.05) is 19.8 Å². The molecule has 0 heterocycles. The predicted molar refractivity (Wildman–Crippen MR) is 64.4 cm³/mol. The third-order valence-corrected chi connectivity index (χ3v) is 4.19. The molecule has 3 heteroatoms. The Morgan fingerprint density at radius 3 is 2.29 bits per heavy atom. The summed E-state index contributed by atoms with van der Waals surface area (Å²) in [6.07, 6.45) is 4.59. The Morgan fingerprint density at radius 2 is 1.82 bits per heavy atom. The molecule has 0 amide bonds. The summed E-state index contributed by atoms with van der Waals surface area (Å²) in [6, 6.07) is 0. The lowest BCUT2D eigenvalue weighted by Crippen LogP contribution is -2.45. The SMILES string of the molecule is CC(=O)OCC1CC2(C)CC(=O)CC(C)(C1)C2. The highest BCUT2D eigenvalue weighted by Crippen LogP contribution is 2.55. The van der Waals surface area contributed by atoms with Crippen molar-refractivity contribution in [1.82, 2.24) is 0 Å². The van der Waals surface area contributed by atoms with Crippen LogP contribution in [0.25, 0.3) is 0 Å². The van der Waals surface area contributed by atoms with E-state index in [2.05, 4.69) is 13.8 Å². The molecule has 0 radical (unpaired) electrons. The van der Waals surface area contributed by atoms with Crippen molar-refractivity contribution in [3.05, 3.63) is 0 Å². The molecule has 2 aliphatic rings. The lowest BCUT2D eigenvalue weighted by atomic mass is 9.53. The van der Waals surface area contributed by atoms with Gasteiger partial charge in [-0.15, -0.1) is 0 Å². The van der Waals surface area contributed by atoms with Crippen LogP contribution in [0.2, 0.25) is 0 Å². The molecule has 3 nitrogen and oxygen atoms in total. The van der Waals surface area contributed by atoms with Crippen molar-refractivity contribution in [2.75, 3.05) is 6.61 Å². The minimum Gasteiger partial charge on any atom is -0.466 e. The normalized spacial score (nSPS) is 41.1. The molecule has 0 saturated heterocycles. The van der Waals surface area contributed by atoms with Gasteiger partial charge >= 0.3 is 5.97 Å². The Labute approximate surface area is 103 Å². The number of carbonyl (C=O) groups is 2. The van der Waals surface area contributed by atoms with Crippen LogP contribution in [0.5, 0.6) is 0 Å². The molecule has 2 atom stereocenters. The van der Waals surface area contributed by atoms with Crippen LogP contribution >= 0.6 is 0 Å². The first kappa shape index (κ1) is 12.6. The van der Waals surface area contributed by atoms with E-state index in [0.29, 0.717) is 31.1 Å². The van der Waals surface area contributed by atoms with Crippen LogP contribution in [-0.2, 0) is 14.3 Å². The molecular formula is C14H22O3. The largest absolute Gasteiger partial charge is 0.466 e. The second-order valence-electron chi connectivity index (χ2n) is 6.77. The van der Waals surface area contributed by atoms with Crippen molar-refractivity contribution in [3.63, 3.8) is 0 Å². The Bertz CT molecular complexity index is 327. The quantitative estimate of drug-likeness (QED) is 0.695. The molecule has 0 aliphatic heterocycles.